The molecule has 1 rings (SSSR count). The molecule has 12 heavy (non-hydrogen) atoms. The van der Waals surface area contributed by atoms with Crippen LogP contribution in [0, 0.1) is 18.6 Å². The third kappa shape index (κ3) is 1.72. The molecular formula is C9H10F2O. The minimum atomic E-state index is -0.644. The van der Waals surface area contributed by atoms with Gasteiger partial charge in [-0.05, 0) is 25.5 Å². The molecule has 0 radical (unpaired) electrons. The predicted molar refractivity (Wildman–Crippen MR) is 42.3 cm³/mol. The lowest BCUT2D eigenvalue weighted by Crippen LogP contribution is -1.97. The van der Waals surface area contributed by atoms with Crippen LogP contribution in [0.4, 0.5) is 8.78 Å². The smallest absolute Gasteiger partial charge is 0.168 e. The average Bonchev–Trinajstić information content (AvgIpc) is 1.96. The summed E-state index contributed by atoms with van der Waals surface area (Å²) in [5.41, 5.74) is 0.481. The highest BCUT2D eigenvalue weighted by atomic mass is 19.1. The van der Waals surface area contributed by atoms with Gasteiger partial charge in [0, 0.05) is 6.07 Å². The Hall–Kier alpha value is -1.12. The molecule has 3 heteroatoms. The topological polar surface area (TPSA) is 9.23 Å². The van der Waals surface area contributed by atoms with Crippen molar-refractivity contribution < 1.29 is 13.5 Å². The van der Waals surface area contributed by atoms with Gasteiger partial charge in [-0.2, -0.15) is 0 Å². The highest BCUT2D eigenvalue weighted by Gasteiger charge is 2.08. The van der Waals surface area contributed by atoms with Gasteiger partial charge < -0.3 is 4.74 Å². The first kappa shape index (κ1) is 8.97. The number of aryl methyl sites for hydroxylation is 1. The molecule has 0 bridgehead atoms. The molecule has 0 spiro atoms. The fourth-order valence-electron chi connectivity index (χ4n) is 1.02. The van der Waals surface area contributed by atoms with Crippen LogP contribution in [0.15, 0.2) is 12.1 Å². The molecule has 0 aliphatic carbocycles. The van der Waals surface area contributed by atoms with Crippen LogP contribution in [0.1, 0.15) is 12.5 Å². The summed E-state index contributed by atoms with van der Waals surface area (Å²) < 4.78 is 30.5. The lowest BCUT2D eigenvalue weighted by molar-refractivity contribution is 0.317. The normalized spacial score (nSPS) is 10.0. The van der Waals surface area contributed by atoms with Crippen molar-refractivity contribution in [3.63, 3.8) is 0 Å². The van der Waals surface area contributed by atoms with Gasteiger partial charge in [-0.3, -0.25) is 0 Å². The Kier molecular flexibility index (Phi) is 2.63. The average molecular weight is 172 g/mol. The molecule has 1 nitrogen and oxygen atoms in total. The van der Waals surface area contributed by atoms with Crippen molar-refractivity contribution in [1.29, 1.82) is 0 Å². The van der Waals surface area contributed by atoms with E-state index in [1.807, 2.05) is 0 Å². The Labute approximate surface area is 70.0 Å². The third-order valence-corrected chi connectivity index (χ3v) is 1.48. The van der Waals surface area contributed by atoms with Crippen LogP contribution in [0.2, 0.25) is 0 Å². The SMILES string of the molecule is CCOc1c(C)cc(F)cc1F. The number of benzene rings is 1. The fraction of sp³-hybridized carbons (Fsp3) is 0.333. The van der Waals surface area contributed by atoms with E-state index in [4.69, 9.17) is 4.74 Å². The Morgan fingerprint density at radius 2 is 2.00 bits per heavy atom. The van der Waals surface area contributed by atoms with Gasteiger partial charge >= 0.3 is 0 Å². The van der Waals surface area contributed by atoms with Crippen molar-refractivity contribution in [1.82, 2.24) is 0 Å². The molecule has 0 heterocycles. The van der Waals surface area contributed by atoms with E-state index in [0.29, 0.717) is 12.2 Å². The van der Waals surface area contributed by atoms with Gasteiger partial charge in [0.15, 0.2) is 11.6 Å². The van der Waals surface area contributed by atoms with E-state index in [1.165, 1.54) is 6.07 Å². The van der Waals surface area contributed by atoms with Crippen molar-refractivity contribution in [2.75, 3.05) is 6.61 Å². The highest BCUT2D eigenvalue weighted by molar-refractivity contribution is 5.34. The van der Waals surface area contributed by atoms with E-state index >= 15 is 0 Å². The van der Waals surface area contributed by atoms with E-state index in [9.17, 15) is 8.78 Å². The number of rotatable bonds is 2. The van der Waals surface area contributed by atoms with Crippen LogP contribution >= 0.6 is 0 Å². The summed E-state index contributed by atoms with van der Waals surface area (Å²) in [6, 6.07) is 2.06. The zero-order valence-corrected chi connectivity index (χ0v) is 7.03. The molecule has 0 saturated heterocycles. The predicted octanol–water partition coefficient (Wildman–Crippen LogP) is 2.67. The number of hydrogen-bond donors (Lipinski definition) is 0. The Balaban J connectivity index is 3.10. The first-order valence-corrected chi connectivity index (χ1v) is 3.73. The Morgan fingerprint density at radius 1 is 1.33 bits per heavy atom. The summed E-state index contributed by atoms with van der Waals surface area (Å²) in [6.45, 7) is 3.74. The maximum atomic E-state index is 12.9. The van der Waals surface area contributed by atoms with E-state index in [-0.39, 0.29) is 5.75 Å². The van der Waals surface area contributed by atoms with Crippen molar-refractivity contribution >= 4 is 0 Å². The van der Waals surface area contributed by atoms with Gasteiger partial charge in [0.25, 0.3) is 0 Å². The molecule has 0 aliphatic heterocycles. The maximum absolute atomic E-state index is 12.9. The summed E-state index contributed by atoms with van der Waals surface area (Å²) in [7, 11) is 0. The number of halogens is 2. The van der Waals surface area contributed by atoms with Gasteiger partial charge in [0.1, 0.15) is 5.82 Å². The van der Waals surface area contributed by atoms with E-state index in [1.54, 1.807) is 13.8 Å². The molecule has 0 saturated carbocycles. The third-order valence-electron chi connectivity index (χ3n) is 1.48. The molecule has 0 atom stereocenters. The minimum Gasteiger partial charge on any atom is -0.491 e. The standard InChI is InChI=1S/C9H10F2O/c1-3-12-9-6(2)4-7(10)5-8(9)11/h4-5H,3H2,1-2H3. The quantitative estimate of drug-likeness (QED) is 0.666. The molecule has 1 aromatic carbocycles. The second-order valence-electron chi connectivity index (χ2n) is 2.47. The second kappa shape index (κ2) is 3.52. The number of ether oxygens (including phenoxy) is 1. The van der Waals surface area contributed by atoms with Gasteiger partial charge in [0.05, 0.1) is 6.61 Å². The van der Waals surface area contributed by atoms with Crippen LogP contribution in [0.3, 0.4) is 0 Å². The van der Waals surface area contributed by atoms with Crippen LogP contribution in [0.5, 0.6) is 5.75 Å². The molecule has 0 aromatic heterocycles. The van der Waals surface area contributed by atoms with Crippen molar-refractivity contribution in [3.8, 4) is 5.75 Å². The Morgan fingerprint density at radius 3 is 2.50 bits per heavy atom. The summed E-state index contributed by atoms with van der Waals surface area (Å²) in [4.78, 5) is 0. The summed E-state index contributed by atoms with van der Waals surface area (Å²) in [5.74, 6) is -1.08. The zero-order valence-electron chi connectivity index (χ0n) is 7.03. The van der Waals surface area contributed by atoms with E-state index in [2.05, 4.69) is 0 Å². The van der Waals surface area contributed by atoms with Gasteiger partial charge in [-0.15, -0.1) is 0 Å². The molecule has 0 N–H and O–H groups in total. The molecule has 0 amide bonds. The molecule has 0 unspecified atom stereocenters. The molecule has 66 valence electrons. The lowest BCUT2D eigenvalue weighted by atomic mass is 10.2. The summed E-state index contributed by atoms with van der Waals surface area (Å²) in [5, 5.41) is 0. The molecule has 0 fully saturated rings. The van der Waals surface area contributed by atoms with Crippen LogP contribution in [0.25, 0.3) is 0 Å². The van der Waals surface area contributed by atoms with E-state index < -0.39 is 11.6 Å². The second-order valence-corrected chi connectivity index (χ2v) is 2.47. The van der Waals surface area contributed by atoms with Crippen LogP contribution in [-0.4, -0.2) is 6.61 Å². The molecule has 1 aromatic rings. The van der Waals surface area contributed by atoms with Crippen LogP contribution < -0.4 is 4.74 Å². The zero-order chi connectivity index (χ0) is 9.14. The van der Waals surface area contributed by atoms with Gasteiger partial charge in [0.2, 0.25) is 0 Å². The largest absolute Gasteiger partial charge is 0.491 e. The first-order chi connectivity index (χ1) is 5.65. The van der Waals surface area contributed by atoms with Crippen LogP contribution in [-0.2, 0) is 0 Å². The fourth-order valence-corrected chi connectivity index (χ4v) is 1.02. The van der Waals surface area contributed by atoms with Crippen molar-refractivity contribution in [2.24, 2.45) is 0 Å². The highest BCUT2D eigenvalue weighted by Crippen LogP contribution is 2.22. The van der Waals surface area contributed by atoms with Crippen molar-refractivity contribution in [3.05, 3.63) is 29.3 Å². The first-order valence-electron chi connectivity index (χ1n) is 3.73. The summed E-state index contributed by atoms with van der Waals surface area (Å²) >= 11 is 0. The monoisotopic (exact) mass is 172 g/mol. The number of hydrogen-bond acceptors (Lipinski definition) is 1. The van der Waals surface area contributed by atoms with Gasteiger partial charge in [-0.25, -0.2) is 8.78 Å². The molecule has 0 aliphatic rings. The minimum absolute atomic E-state index is 0.138. The van der Waals surface area contributed by atoms with Gasteiger partial charge in [-0.1, -0.05) is 0 Å². The van der Waals surface area contributed by atoms with Crippen molar-refractivity contribution in [2.45, 2.75) is 13.8 Å². The Bertz CT molecular complexity index is 261. The molecular weight excluding hydrogens is 162 g/mol. The summed E-state index contributed by atoms with van der Waals surface area (Å²) in [6.07, 6.45) is 0. The van der Waals surface area contributed by atoms with E-state index in [0.717, 1.165) is 6.07 Å². The lowest BCUT2D eigenvalue weighted by Gasteiger charge is -2.07. The maximum Gasteiger partial charge on any atom is 0.168 e.